The molecule has 3 aromatic rings. The van der Waals surface area contributed by atoms with Gasteiger partial charge >= 0.3 is 6.09 Å². The monoisotopic (exact) mass is 454 g/mol. The second kappa shape index (κ2) is 8.71. The minimum absolute atomic E-state index is 0.134. The fourth-order valence-corrected chi connectivity index (χ4v) is 4.71. The van der Waals surface area contributed by atoms with Gasteiger partial charge in [-0.25, -0.2) is 14.8 Å². The lowest BCUT2D eigenvalue weighted by atomic mass is 10.1. The van der Waals surface area contributed by atoms with E-state index in [0.717, 1.165) is 21.3 Å². The maximum Gasteiger partial charge on any atom is 0.414 e. The molecule has 166 valence electrons. The molecule has 10 heteroatoms. The molecule has 0 saturated carbocycles. The minimum Gasteiger partial charge on any atom is -0.474 e. The molecule has 32 heavy (non-hydrogen) atoms. The van der Waals surface area contributed by atoms with E-state index >= 15 is 0 Å². The predicted molar refractivity (Wildman–Crippen MR) is 120 cm³/mol. The van der Waals surface area contributed by atoms with Crippen LogP contribution in [0.3, 0.4) is 0 Å². The number of pyridine rings is 1. The molecule has 1 saturated heterocycles. The van der Waals surface area contributed by atoms with Crippen molar-refractivity contribution in [1.29, 1.82) is 0 Å². The van der Waals surface area contributed by atoms with Crippen molar-refractivity contribution in [2.45, 2.75) is 25.9 Å². The number of nitrogens with zero attached hydrogens (tertiary/aromatic N) is 3. The van der Waals surface area contributed by atoms with E-state index in [0.29, 0.717) is 55.9 Å². The highest BCUT2D eigenvalue weighted by Gasteiger charge is 2.29. The SMILES string of the molecule is CC(=O)Nc1nc2ccc(-c3cnc4c(c3)N(C(=O)OC3CCOCC3)CCO4)cc2s1. The maximum atomic E-state index is 12.9. The van der Waals surface area contributed by atoms with Crippen LogP contribution >= 0.6 is 11.3 Å². The average Bonchev–Trinajstić information content (AvgIpc) is 3.19. The van der Waals surface area contributed by atoms with E-state index < -0.39 is 6.09 Å². The Morgan fingerprint density at radius 2 is 2.03 bits per heavy atom. The Bertz CT molecular complexity index is 1170. The van der Waals surface area contributed by atoms with Crippen molar-refractivity contribution in [3.8, 4) is 17.0 Å². The summed E-state index contributed by atoms with van der Waals surface area (Å²) < 4.78 is 17.7. The van der Waals surface area contributed by atoms with Crippen LogP contribution in [-0.4, -0.2) is 54.4 Å². The van der Waals surface area contributed by atoms with Crippen LogP contribution in [-0.2, 0) is 14.3 Å². The maximum absolute atomic E-state index is 12.9. The van der Waals surface area contributed by atoms with Gasteiger partial charge in [-0.1, -0.05) is 17.4 Å². The standard InChI is InChI=1S/C22H22N4O5S/c1-13(27)24-21-25-17-3-2-14(11-19(17)32-21)15-10-18-20(23-12-15)30-9-6-26(18)22(28)31-16-4-7-29-8-5-16/h2-3,10-12,16H,4-9H2,1H3,(H,24,25,27). The minimum atomic E-state index is -0.391. The van der Waals surface area contributed by atoms with Crippen molar-refractivity contribution in [3.63, 3.8) is 0 Å². The van der Waals surface area contributed by atoms with Crippen molar-refractivity contribution in [2.75, 3.05) is 36.6 Å². The van der Waals surface area contributed by atoms with Gasteiger partial charge in [-0.05, 0) is 23.8 Å². The van der Waals surface area contributed by atoms with Crippen molar-refractivity contribution in [3.05, 3.63) is 30.5 Å². The first kappa shape index (κ1) is 20.7. The topological polar surface area (TPSA) is 103 Å². The number of fused-ring (bicyclic) bond motifs is 2. The van der Waals surface area contributed by atoms with E-state index in [1.165, 1.54) is 18.3 Å². The summed E-state index contributed by atoms with van der Waals surface area (Å²) >= 11 is 1.41. The molecule has 0 bridgehead atoms. The molecule has 2 aliphatic heterocycles. The average molecular weight is 455 g/mol. The normalized spacial score (nSPS) is 16.3. The molecule has 0 atom stereocenters. The van der Waals surface area contributed by atoms with E-state index in [9.17, 15) is 9.59 Å². The number of nitrogens with one attached hydrogen (secondary N) is 1. The van der Waals surface area contributed by atoms with Crippen LogP contribution in [0.15, 0.2) is 30.5 Å². The number of benzene rings is 1. The highest BCUT2D eigenvalue weighted by Crippen LogP contribution is 2.36. The van der Waals surface area contributed by atoms with Crippen molar-refractivity contribution in [2.24, 2.45) is 0 Å². The smallest absolute Gasteiger partial charge is 0.414 e. The molecule has 2 aromatic heterocycles. The Balaban J connectivity index is 1.42. The number of rotatable bonds is 3. The molecular weight excluding hydrogens is 432 g/mol. The summed E-state index contributed by atoms with van der Waals surface area (Å²) in [4.78, 5) is 34.6. The number of hydrogen-bond acceptors (Lipinski definition) is 8. The van der Waals surface area contributed by atoms with E-state index in [2.05, 4.69) is 15.3 Å². The third-order valence-corrected chi connectivity index (χ3v) is 6.27. The molecule has 0 radical (unpaired) electrons. The number of aromatic nitrogens is 2. The molecule has 0 spiro atoms. The summed E-state index contributed by atoms with van der Waals surface area (Å²) in [5, 5.41) is 3.28. The Morgan fingerprint density at radius 1 is 1.19 bits per heavy atom. The summed E-state index contributed by atoms with van der Waals surface area (Å²) in [7, 11) is 0. The summed E-state index contributed by atoms with van der Waals surface area (Å²) in [6, 6.07) is 7.73. The summed E-state index contributed by atoms with van der Waals surface area (Å²) in [6.07, 6.45) is 2.61. The van der Waals surface area contributed by atoms with Crippen LogP contribution < -0.4 is 15.0 Å². The molecule has 0 unspecified atom stereocenters. The summed E-state index contributed by atoms with van der Waals surface area (Å²) in [5.74, 6) is 0.256. The Morgan fingerprint density at radius 3 is 2.84 bits per heavy atom. The van der Waals surface area contributed by atoms with Gasteiger partial charge in [0.15, 0.2) is 5.13 Å². The molecule has 1 N–H and O–H groups in total. The molecule has 4 heterocycles. The quantitative estimate of drug-likeness (QED) is 0.641. The number of carbonyl (C=O) groups excluding carboxylic acids is 2. The van der Waals surface area contributed by atoms with Gasteiger partial charge < -0.3 is 19.5 Å². The van der Waals surface area contributed by atoms with Gasteiger partial charge in [0.25, 0.3) is 0 Å². The molecule has 2 aliphatic rings. The molecule has 1 aromatic carbocycles. The fourth-order valence-electron chi connectivity index (χ4n) is 3.75. The van der Waals surface area contributed by atoms with Gasteiger partial charge in [-0.2, -0.15) is 0 Å². The van der Waals surface area contributed by atoms with Gasteiger partial charge in [-0.15, -0.1) is 0 Å². The largest absolute Gasteiger partial charge is 0.474 e. The van der Waals surface area contributed by atoms with Gasteiger partial charge in [0.05, 0.1) is 30.0 Å². The summed E-state index contributed by atoms with van der Waals surface area (Å²) in [5.41, 5.74) is 3.16. The molecule has 5 rings (SSSR count). The van der Waals surface area contributed by atoms with E-state index in [4.69, 9.17) is 14.2 Å². The lowest BCUT2D eigenvalue weighted by Crippen LogP contribution is -2.41. The van der Waals surface area contributed by atoms with Crippen LogP contribution in [0.5, 0.6) is 5.88 Å². The zero-order valence-electron chi connectivity index (χ0n) is 17.5. The molecule has 2 amide bonds. The third-order valence-electron chi connectivity index (χ3n) is 5.34. The number of hydrogen-bond donors (Lipinski definition) is 1. The van der Waals surface area contributed by atoms with Crippen molar-refractivity contribution in [1.82, 2.24) is 9.97 Å². The molecular formula is C22H22N4O5S. The predicted octanol–water partition coefficient (Wildman–Crippen LogP) is 3.83. The molecule has 0 aliphatic carbocycles. The number of ether oxygens (including phenoxy) is 3. The zero-order valence-corrected chi connectivity index (χ0v) is 18.3. The van der Waals surface area contributed by atoms with Crippen LogP contribution in [0.4, 0.5) is 15.6 Å². The highest BCUT2D eigenvalue weighted by atomic mass is 32.1. The van der Waals surface area contributed by atoms with Gasteiger partial charge in [0, 0.05) is 31.5 Å². The third kappa shape index (κ3) is 4.23. The lowest BCUT2D eigenvalue weighted by Gasteiger charge is -2.31. The molecule has 1 fully saturated rings. The van der Waals surface area contributed by atoms with Crippen LogP contribution in [0.25, 0.3) is 21.3 Å². The Labute approximate surface area is 188 Å². The van der Waals surface area contributed by atoms with Crippen LogP contribution in [0, 0.1) is 0 Å². The summed E-state index contributed by atoms with van der Waals surface area (Å²) in [6.45, 7) is 3.42. The van der Waals surface area contributed by atoms with Crippen LogP contribution in [0.1, 0.15) is 19.8 Å². The molecule has 9 nitrogen and oxygen atoms in total. The van der Waals surface area contributed by atoms with Gasteiger partial charge in [0.1, 0.15) is 18.4 Å². The second-order valence-electron chi connectivity index (χ2n) is 7.63. The lowest BCUT2D eigenvalue weighted by molar-refractivity contribution is -0.114. The second-order valence-corrected chi connectivity index (χ2v) is 8.66. The number of anilines is 2. The van der Waals surface area contributed by atoms with E-state index in [1.54, 1.807) is 11.1 Å². The first-order valence-electron chi connectivity index (χ1n) is 10.4. The van der Waals surface area contributed by atoms with Crippen LogP contribution in [0.2, 0.25) is 0 Å². The Hall–Kier alpha value is -3.24. The zero-order chi connectivity index (χ0) is 22.1. The fraction of sp³-hybridized carbons (Fsp3) is 0.364. The first-order chi connectivity index (χ1) is 15.6. The number of carbonyl (C=O) groups is 2. The van der Waals surface area contributed by atoms with E-state index in [-0.39, 0.29) is 12.0 Å². The Kier molecular flexibility index (Phi) is 5.62. The number of thiazole rings is 1. The van der Waals surface area contributed by atoms with Crippen molar-refractivity contribution < 1.29 is 23.8 Å². The van der Waals surface area contributed by atoms with Gasteiger partial charge in [0.2, 0.25) is 11.8 Å². The van der Waals surface area contributed by atoms with Gasteiger partial charge in [-0.3, -0.25) is 9.69 Å². The first-order valence-corrected chi connectivity index (χ1v) is 11.3. The highest BCUT2D eigenvalue weighted by molar-refractivity contribution is 7.22. The van der Waals surface area contributed by atoms with E-state index in [1.807, 2.05) is 24.3 Å². The number of amides is 2. The van der Waals surface area contributed by atoms with Crippen molar-refractivity contribution >= 4 is 44.4 Å².